The Morgan fingerprint density at radius 2 is 2.31 bits per heavy atom. The predicted octanol–water partition coefficient (Wildman–Crippen LogP) is 1.79. The number of benzene rings is 1. The molecule has 1 aliphatic rings. The van der Waals surface area contributed by atoms with Gasteiger partial charge in [-0.3, -0.25) is 4.90 Å². The van der Waals surface area contributed by atoms with Gasteiger partial charge in [0, 0.05) is 18.8 Å². The molecular formula is C12H13N3O. The van der Waals surface area contributed by atoms with E-state index in [1.807, 2.05) is 13.0 Å². The fourth-order valence-corrected chi connectivity index (χ4v) is 1.83. The summed E-state index contributed by atoms with van der Waals surface area (Å²) in [6, 6.07) is 7.41. The van der Waals surface area contributed by atoms with Crippen molar-refractivity contribution in [3.8, 4) is 6.07 Å². The van der Waals surface area contributed by atoms with Gasteiger partial charge in [0.25, 0.3) is 0 Å². The van der Waals surface area contributed by atoms with Crippen molar-refractivity contribution in [2.45, 2.75) is 13.3 Å². The van der Waals surface area contributed by atoms with Crippen LogP contribution in [0.15, 0.2) is 18.2 Å². The molecule has 1 saturated heterocycles. The van der Waals surface area contributed by atoms with Crippen molar-refractivity contribution in [1.82, 2.24) is 5.32 Å². The summed E-state index contributed by atoms with van der Waals surface area (Å²) in [5, 5.41) is 11.6. The van der Waals surface area contributed by atoms with Crippen LogP contribution in [-0.4, -0.2) is 19.1 Å². The summed E-state index contributed by atoms with van der Waals surface area (Å²) in [7, 11) is 0. The van der Waals surface area contributed by atoms with Crippen LogP contribution in [-0.2, 0) is 0 Å². The second kappa shape index (κ2) is 4.23. The summed E-state index contributed by atoms with van der Waals surface area (Å²) in [6.45, 7) is 3.38. The quantitative estimate of drug-likeness (QED) is 0.776. The van der Waals surface area contributed by atoms with Gasteiger partial charge in [0.15, 0.2) is 0 Å². The monoisotopic (exact) mass is 215 g/mol. The van der Waals surface area contributed by atoms with Crippen LogP contribution >= 0.6 is 0 Å². The Kier molecular flexibility index (Phi) is 2.78. The smallest absolute Gasteiger partial charge is 0.321 e. The molecule has 0 aliphatic carbocycles. The van der Waals surface area contributed by atoms with Gasteiger partial charge in [0.2, 0.25) is 0 Å². The van der Waals surface area contributed by atoms with Crippen molar-refractivity contribution in [2.24, 2.45) is 0 Å². The highest BCUT2D eigenvalue weighted by Gasteiger charge is 2.20. The van der Waals surface area contributed by atoms with E-state index in [1.54, 1.807) is 17.0 Å². The third-order valence-corrected chi connectivity index (χ3v) is 2.71. The SMILES string of the molecule is Cc1ccc(C#N)cc1N1CCCNC1=O. The van der Waals surface area contributed by atoms with Gasteiger partial charge in [0.1, 0.15) is 0 Å². The number of hydrogen-bond acceptors (Lipinski definition) is 2. The zero-order chi connectivity index (χ0) is 11.5. The van der Waals surface area contributed by atoms with Crippen LogP contribution in [0.4, 0.5) is 10.5 Å². The number of carbonyl (C=O) groups excluding carboxylic acids is 1. The molecule has 1 aromatic carbocycles. The van der Waals surface area contributed by atoms with Crippen molar-refractivity contribution < 1.29 is 4.79 Å². The van der Waals surface area contributed by atoms with Crippen LogP contribution in [0.3, 0.4) is 0 Å². The number of nitrogens with zero attached hydrogens (tertiary/aromatic N) is 2. The molecule has 1 N–H and O–H groups in total. The lowest BCUT2D eigenvalue weighted by Gasteiger charge is -2.28. The number of urea groups is 1. The number of anilines is 1. The Hall–Kier alpha value is -2.02. The molecule has 0 bridgehead atoms. The lowest BCUT2D eigenvalue weighted by Crippen LogP contribution is -2.46. The number of aryl methyl sites for hydroxylation is 1. The van der Waals surface area contributed by atoms with Gasteiger partial charge >= 0.3 is 6.03 Å². The Morgan fingerprint density at radius 3 is 3.00 bits per heavy atom. The second-order valence-corrected chi connectivity index (χ2v) is 3.85. The zero-order valence-corrected chi connectivity index (χ0v) is 9.16. The normalized spacial score (nSPS) is 15.5. The lowest BCUT2D eigenvalue weighted by molar-refractivity contribution is 0.243. The summed E-state index contributed by atoms with van der Waals surface area (Å²) in [4.78, 5) is 13.4. The molecule has 2 amide bonds. The molecule has 4 nitrogen and oxygen atoms in total. The topological polar surface area (TPSA) is 56.1 Å². The van der Waals surface area contributed by atoms with Gasteiger partial charge in [-0.25, -0.2) is 4.79 Å². The molecule has 16 heavy (non-hydrogen) atoms. The average Bonchev–Trinajstić information content (AvgIpc) is 2.31. The molecule has 0 aromatic heterocycles. The number of nitrogens with one attached hydrogen (secondary N) is 1. The Balaban J connectivity index is 2.38. The van der Waals surface area contributed by atoms with Crippen LogP contribution in [0, 0.1) is 18.3 Å². The predicted molar refractivity (Wildman–Crippen MR) is 61.3 cm³/mol. The molecule has 0 atom stereocenters. The maximum absolute atomic E-state index is 11.7. The van der Waals surface area contributed by atoms with Crippen LogP contribution in [0.2, 0.25) is 0 Å². The lowest BCUT2D eigenvalue weighted by atomic mass is 10.1. The van der Waals surface area contributed by atoms with Crippen molar-refractivity contribution in [2.75, 3.05) is 18.0 Å². The molecule has 1 fully saturated rings. The van der Waals surface area contributed by atoms with E-state index in [2.05, 4.69) is 11.4 Å². The third kappa shape index (κ3) is 1.84. The number of nitriles is 1. The van der Waals surface area contributed by atoms with E-state index < -0.39 is 0 Å². The fraction of sp³-hybridized carbons (Fsp3) is 0.333. The van der Waals surface area contributed by atoms with Crippen LogP contribution in [0.1, 0.15) is 17.5 Å². The van der Waals surface area contributed by atoms with Crippen LogP contribution < -0.4 is 10.2 Å². The van der Waals surface area contributed by atoms with E-state index in [9.17, 15) is 4.79 Å². The van der Waals surface area contributed by atoms with E-state index in [-0.39, 0.29) is 6.03 Å². The summed E-state index contributed by atoms with van der Waals surface area (Å²) in [6.07, 6.45) is 0.933. The highest BCUT2D eigenvalue weighted by Crippen LogP contribution is 2.22. The first-order valence-electron chi connectivity index (χ1n) is 5.28. The first kappa shape index (κ1) is 10.5. The molecule has 2 rings (SSSR count). The van der Waals surface area contributed by atoms with Gasteiger partial charge in [-0.1, -0.05) is 6.07 Å². The molecule has 1 heterocycles. The highest BCUT2D eigenvalue weighted by atomic mass is 16.2. The number of amides is 2. The Labute approximate surface area is 94.5 Å². The van der Waals surface area contributed by atoms with E-state index in [1.165, 1.54) is 0 Å². The van der Waals surface area contributed by atoms with Crippen molar-refractivity contribution in [1.29, 1.82) is 5.26 Å². The minimum absolute atomic E-state index is 0.0792. The Morgan fingerprint density at radius 1 is 1.50 bits per heavy atom. The standard InChI is InChI=1S/C12H13N3O/c1-9-3-4-10(8-13)7-11(9)15-6-2-5-14-12(15)16/h3-4,7H,2,5-6H2,1H3,(H,14,16). The molecule has 1 aliphatic heterocycles. The van der Waals surface area contributed by atoms with Gasteiger partial charge in [-0.15, -0.1) is 0 Å². The average molecular weight is 215 g/mol. The first-order chi connectivity index (χ1) is 7.72. The summed E-state index contributed by atoms with van der Waals surface area (Å²) in [5.41, 5.74) is 2.42. The second-order valence-electron chi connectivity index (χ2n) is 3.85. The fourth-order valence-electron chi connectivity index (χ4n) is 1.83. The van der Waals surface area contributed by atoms with E-state index in [4.69, 9.17) is 5.26 Å². The zero-order valence-electron chi connectivity index (χ0n) is 9.16. The molecule has 4 heteroatoms. The van der Waals surface area contributed by atoms with Crippen molar-refractivity contribution in [3.05, 3.63) is 29.3 Å². The van der Waals surface area contributed by atoms with Crippen LogP contribution in [0.5, 0.6) is 0 Å². The number of rotatable bonds is 1. The van der Waals surface area contributed by atoms with E-state index >= 15 is 0 Å². The van der Waals surface area contributed by atoms with Crippen molar-refractivity contribution in [3.63, 3.8) is 0 Å². The van der Waals surface area contributed by atoms with Gasteiger partial charge in [-0.05, 0) is 31.0 Å². The minimum atomic E-state index is -0.0792. The number of hydrogen-bond donors (Lipinski definition) is 1. The van der Waals surface area contributed by atoms with Crippen molar-refractivity contribution >= 4 is 11.7 Å². The van der Waals surface area contributed by atoms with E-state index in [0.717, 1.165) is 24.2 Å². The molecule has 0 saturated carbocycles. The Bertz CT molecular complexity index is 462. The number of carbonyl (C=O) groups is 1. The molecular weight excluding hydrogens is 202 g/mol. The maximum Gasteiger partial charge on any atom is 0.321 e. The van der Waals surface area contributed by atoms with E-state index in [0.29, 0.717) is 12.1 Å². The molecule has 82 valence electrons. The summed E-state index contributed by atoms with van der Waals surface area (Å²) < 4.78 is 0. The summed E-state index contributed by atoms with van der Waals surface area (Å²) in [5.74, 6) is 0. The van der Waals surface area contributed by atoms with Gasteiger partial charge in [-0.2, -0.15) is 5.26 Å². The minimum Gasteiger partial charge on any atom is -0.338 e. The summed E-state index contributed by atoms with van der Waals surface area (Å²) >= 11 is 0. The largest absolute Gasteiger partial charge is 0.338 e. The molecule has 0 radical (unpaired) electrons. The third-order valence-electron chi connectivity index (χ3n) is 2.71. The molecule has 0 unspecified atom stereocenters. The molecule has 1 aromatic rings. The first-order valence-corrected chi connectivity index (χ1v) is 5.28. The maximum atomic E-state index is 11.7. The molecule has 0 spiro atoms. The van der Waals surface area contributed by atoms with Crippen LogP contribution in [0.25, 0.3) is 0 Å². The highest BCUT2D eigenvalue weighted by molar-refractivity contribution is 5.93. The van der Waals surface area contributed by atoms with Gasteiger partial charge in [0.05, 0.1) is 11.6 Å². The van der Waals surface area contributed by atoms with Gasteiger partial charge < -0.3 is 5.32 Å².